The van der Waals surface area contributed by atoms with Crippen molar-refractivity contribution in [3.05, 3.63) is 35.4 Å². The zero-order chi connectivity index (χ0) is 11.8. The van der Waals surface area contributed by atoms with Gasteiger partial charge < -0.3 is 4.74 Å². The minimum atomic E-state index is -1.57. The molecule has 1 unspecified atom stereocenters. The molecule has 0 aromatic heterocycles. The summed E-state index contributed by atoms with van der Waals surface area (Å²) in [6.07, 6.45) is 0. The molecule has 0 N–H and O–H groups in total. The molecule has 86 valence electrons. The Morgan fingerprint density at radius 2 is 2.00 bits per heavy atom. The van der Waals surface area contributed by atoms with Gasteiger partial charge in [0, 0.05) is 0 Å². The molecule has 0 saturated carbocycles. The molecule has 0 amide bonds. The van der Waals surface area contributed by atoms with Gasteiger partial charge in [0.1, 0.15) is 12.6 Å². The summed E-state index contributed by atoms with van der Waals surface area (Å²) in [5.41, 5.74) is 2.26. The maximum atomic E-state index is 5.71. The van der Waals surface area contributed by atoms with Crippen LogP contribution in [0.4, 0.5) is 0 Å². The Morgan fingerprint density at radius 1 is 1.31 bits per heavy atom. The zero-order valence-electron chi connectivity index (χ0n) is 8.58. The lowest BCUT2D eigenvalue weighted by molar-refractivity contribution is 0.314. The van der Waals surface area contributed by atoms with Gasteiger partial charge in [0.05, 0.1) is 0 Å². The fourth-order valence-electron chi connectivity index (χ4n) is 1.65. The number of rotatable bonds is 1. The van der Waals surface area contributed by atoms with Gasteiger partial charge in [-0.2, -0.15) is 0 Å². The first-order valence-electron chi connectivity index (χ1n) is 4.82. The van der Waals surface area contributed by atoms with Crippen molar-refractivity contribution < 1.29 is 4.74 Å². The molecule has 16 heavy (non-hydrogen) atoms. The fraction of sp³-hybridized carbons (Fsp3) is 0.364. The molecule has 0 spiro atoms. The van der Waals surface area contributed by atoms with E-state index in [1.165, 1.54) is 0 Å². The quantitative estimate of drug-likeness (QED) is 0.715. The van der Waals surface area contributed by atoms with Crippen molar-refractivity contribution in [3.8, 4) is 0 Å². The monoisotopic (exact) mass is 277 g/mol. The van der Waals surface area contributed by atoms with E-state index in [1.54, 1.807) is 0 Å². The summed E-state index contributed by atoms with van der Waals surface area (Å²) in [6.45, 7) is 2.45. The van der Waals surface area contributed by atoms with Gasteiger partial charge in [-0.15, -0.1) is 0 Å². The molecule has 0 aliphatic carbocycles. The molecular weight excluding hydrogens is 268 g/mol. The van der Waals surface area contributed by atoms with Crippen molar-refractivity contribution in [1.82, 2.24) is 0 Å². The van der Waals surface area contributed by atoms with Crippen LogP contribution in [0.15, 0.2) is 29.3 Å². The lowest BCUT2D eigenvalue weighted by Gasteiger charge is -2.08. The number of nitrogens with zero attached hydrogens (tertiary/aromatic N) is 1. The van der Waals surface area contributed by atoms with Gasteiger partial charge in [-0.3, -0.25) is 0 Å². The van der Waals surface area contributed by atoms with Crippen LogP contribution >= 0.6 is 34.8 Å². The molecular formula is C11H10Cl3NO. The van der Waals surface area contributed by atoms with Crippen LogP contribution in [0, 0.1) is 6.92 Å². The molecule has 1 aromatic carbocycles. The van der Waals surface area contributed by atoms with Crippen molar-refractivity contribution in [2.24, 2.45) is 4.99 Å². The van der Waals surface area contributed by atoms with Gasteiger partial charge >= 0.3 is 0 Å². The Kier molecular flexibility index (Phi) is 3.34. The Labute approximate surface area is 109 Å². The van der Waals surface area contributed by atoms with E-state index in [1.807, 2.05) is 31.2 Å². The summed E-state index contributed by atoms with van der Waals surface area (Å²) < 4.78 is 3.72. The smallest absolute Gasteiger partial charge is 0.266 e. The first-order chi connectivity index (χ1) is 7.48. The predicted octanol–water partition coefficient (Wildman–Crippen LogP) is 3.84. The first-order valence-corrected chi connectivity index (χ1v) is 5.95. The van der Waals surface area contributed by atoms with Crippen LogP contribution in [0.2, 0.25) is 0 Å². The first kappa shape index (κ1) is 12.0. The highest BCUT2D eigenvalue weighted by molar-refractivity contribution is 6.76. The van der Waals surface area contributed by atoms with Gasteiger partial charge in [-0.1, -0.05) is 59.1 Å². The van der Waals surface area contributed by atoms with E-state index in [4.69, 9.17) is 39.5 Å². The second-order valence-electron chi connectivity index (χ2n) is 3.62. The molecule has 1 heterocycles. The Morgan fingerprint density at radius 3 is 2.56 bits per heavy atom. The van der Waals surface area contributed by atoms with Gasteiger partial charge in [0.2, 0.25) is 5.90 Å². The van der Waals surface area contributed by atoms with Gasteiger partial charge in [0.25, 0.3) is 3.79 Å². The third-order valence-electron chi connectivity index (χ3n) is 2.44. The maximum absolute atomic E-state index is 5.71. The van der Waals surface area contributed by atoms with Crippen molar-refractivity contribution >= 4 is 40.7 Å². The number of benzene rings is 1. The highest BCUT2D eigenvalue weighted by Crippen LogP contribution is 2.35. The van der Waals surface area contributed by atoms with Crippen LogP contribution in [0.1, 0.15) is 17.2 Å². The predicted molar refractivity (Wildman–Crippen MR) is 67.6 cm³/mol. The molecule has 2 rings (SSSR count). The maximum Gasteiger partial charge on any atom is 0.266 e. The number of hydrogen-bond donors (Lipinski definition) is 0. The van der Waals surface area contributed by atoms with Crippen LogP contribution < -0.4 is 0 Å². The van der Waals surface area contributed by atoms with Crippen LogP contribution in [-0.4, -0.2) is 16.3 Å². The van der Waals surface area contributed by atoms with Gasteiger partial charge in [-0.05, 0) is 18.1 Å². The molecule has 0 bridgehead atoms. The van der Waals surface area contributed by atoms with Gasteiger partial charge in [-0.25, -0.2) is 4.99 Å². The second kappa shape index (κ2) is 4.44. The van der Waals surface area contributed by atoms with Crippen LogP contribution in [-0.2, 0) is 4.74 Å². The molecule has 0 saturated heterocycles. The topological polar surface area (TPSA) is 21.6 Å². The molecule has 0 fully saturated rings. The molecule has 0 radical (unpaired) electrons. The summed E-state index contributed by atoms with van der Waals surface area (Å²) in [5, 5.41) is 0. The lowest BCUT2D eigenvalue weighted by Crippen LogP contribution is -2.18. The number of aliphatic imine (C=N–C) groups is 1. The SMILES string of the molecule is Cc1ccccc1C1COC(C(Cl)(Cl)Cl)=N1. The summed E-state index contributed by atoms with van der Waals surface area (Å²) in [7, 11) is 0. The third-order valence-corrected chi connectivity index (χ3v) is 2.93. The summed E-state index contributed by atoms with van der Waals surface area (Å²) >= 11 is 17.1. The average Bonchev–Trinajstić information content (AvgIpc) is 2.66. The summed E-state index contributed by atoms with van der Waals surface area (Å²) in [6, 6.07) is 7.90. The van der Waals surface area contributed by atoms with Crippen LogP contribution in [0.3, 0.4) is 0 Å². The highest BCUT2D eigenvalue weighted by Gasteiger charge is 2.35. The molecule has 1 aromatic rings. The van der Waals surface area contributed by atoms with Crippen LogP contribution in [0.5, 0.6) is 0 Å². The van der Waals surface area contributed by atoms with Crippen molar-refractivity contribution in [2.75, 3.05) is 6.61 Å². The largest absolute Gasteiger partial charge is 0.475 e. The average molecular weight is 279 g/mol. The number of aryl methyl sites for hydroxylation is 1. The van der Waals surface area contributed by atoms with E-state index in [2.05, 4.69) is 4.99 Å². The molecule has 1 aliphatic heterocycles. The van der Waals surface area contributed by atoms with E-state index in [0.29, 0.717) is 6.61 Å². The number of halogens is 3. The zero-order valence-corrected chi connectivity index (χ0v) is 10.9. The number of ether oxygens (including phenoxy) is 1. The third kappa shape index (κ3) is 2.45. The minimum absolute atomic E-state index is 0.0770. The van der Waals surface area contributed by atoms with E-state index in [-0.39, 0.29) is 11.9 Å². The summed E-state index contributed by atoms with van der Waals surface area (Å²) in [5.74, 6) is 0.172. The van der Waals surface area contributed by atoms with Crippen molar-refractivity contribution in [1.29, 1.82) is 0 Å². The standard InChI is InChI=1S/C11H10Cl3NO/c1-7-4-2-3-5-8(7)9-6-16-10(15-9)11(12,13)14/h2-5,9H,6H2,1H3. The van der Waals surface area contributed by atoms with Crippen molar-refractivity contribution in [3.63, 3.8) is 0 Å². The second-order valence-corrected chi connectivity index (χ2v) is 5.90. The van der Waals surface area contributed by atoms with E-state index in [0.717, 1.165) is 11.1 Å². The van der Waals surface area contributed by atoms with Crippen LogP contribution in [0.25, 0.3) is 0 Å². The molecule has 1 atom stereocenters. The molecule has 1 aliphatic rings. The van der Waals surface area contributed by atoms with E-state index in [9.17, 15) is 0 Å². The number of alkyl halides is 3. The van der Waals surface area contributed by atoms with E-state index >= 15 is 0 Å². The fourth-order valence-corrected chi connectivity index (χ4v) is 1.96. The van der Waals surface area contributed by atoms with E-state index < -0.39 is 3.79 Å². The minimum Gasteiger partial charge on any atom is -0.475 e. The highest BCUT2D eigenvalue weighted by atomic mass is 35.6. The number of hydrogen-bond acceptors (Lipinski definition) is 2. The normalized spacial score (nSPS) is 20.5. The lowest BCUT2D eigenvalue weighted by atomic mass is 10.0. The Balaban J connectivity index is 2.27. The Bertz CT molecular complexity index is 425. The Hall–Kier alpha value is -0.440. The van der Waals surface area contributed by atoms with Crippen molar-refractivity contribution in [2.45, 2.75) is 16.8 Å². The molecule has 5 heteroatoms. The summed E-state index contributed by atoms with van der Waals surface area (Å²) in [4.78, 5) is 4.29. The molecule has 2 nitrogen and oxygen atoms in total. The van der Waals surface area contributed by atoms with Gasteiger partial charge in [0.15, 0.2) is 0 Å².